The maximum absolute atomic E-state index is 13.1. The summed E-state index contributed by atoms with van der Waals surface area (Å²) < 4.78 is 11.3. The van der Waals surface area contributed by atoms with Crippen molar-refractivity contribution in [1.29, 1.82) is 0 Å². The van der Waals surface area contributed by atoms with E-state index in [4.69, 9.17) is 9.47 Å². The van der Waals surface area contributed by atoms with Crippen LogP contribution in [-0.4, -0.2) is 49.8 Å². The minimum Gasteiger partial charge on any atom is -0.507 e. The molecule has 1 N–H and O–H groups in total. The standard InChI is InChI=1S/C24H37NO4/c1-7-25(8-2)22(27)20-18(29-6)14-17-16(21(20)26)10-11-19-23(3,15-28-5)12-9-13-24(17,19)4/h14,19,26H,7-13,15H2,1-6H3/t19-,23+,24+/m0/s1. The van der Waals surface area contributed by atoms with E-state index in [9.17, 15) is 9.90 Å². The highest BCUT2D eigenvalue weighted by Crippen LogP contribution is 2.59. The second-order valence-corrected chi connectivity index (χ2v) is 9.26. The van der Waals surface area contributed by atoms with Crippen LogP contribution in [0.5, 0.6) is 11.5 Å². The molecule has 0 aliphatic heterocycles. The largest absolute Gasteiger partial charge is 0.507 e. The van der Waals surface area contributed by atoms with Crippen molar-refractivity contribution >= 4 is 5.91 Å². The number of phenolic OH excluding ortho intramolecular Hbond substituents is 1. The second kappa shape index (κ2) is 8.17. The first-order valence-electron chi connectivity index (χ1n) is 11.0. The summed E-state index contributed by atoms with van der Waals surface area (Å²) in [5, 5.41) is 11.2. The number of hydrogen-bond acceptors (Lipinski definition) is 4. The Hall–Kier alpha value is -1.75. The van der Waals surface area contributed by atoms with Gasteiger partial charge in [-0.25, -0.2) is 0 Å². The average molecular weight is 404 g/mol. The van der Waals surface area contributed by atoms with Gasteiger partial charge in [0.05, 0.1) is 13.7 Å². The van der Waals surface area contributed by atoms with Crippen molar-refractivity contribution in [2.24, 2.45) is 11.3 Å². The number of amides is 1. The number of benzene rings is 1. The number of fused-ring (bicyclic) bond motifs is 3. The maximum Gasteiger partial charge on any atom is 0.261 e. The summed E-state index contributed by atoms with van der Waals surface area (Å²) >= 11 is 0. The van der Waals surface area contributed by atoms with Crippen molar-refractivity contribution in [3.8, 4) is 11.5 Å². The fourth-order valence-electron chi connectivity index (χ4n) is 6.24. The number of phenols is 1. The zero-order valence-corrected chi connectivity index (χ0v) is 18.9. The molecule has 0 spiro atoms. The van der Waals surface area contributed by atoms with E-state index in [1.54, 1.807) is 19.1 Å². The monoisotopic (exact) mass is 403 g/mol. The number of hydrogen-bond donors (Lipinski definition) is 1. The van der Waals surface area contributed by atoms with Gasteiger partial charge in [-0.2, -0.15) is 0 Å². The van der Waals surface area contributed by atoms with Gasteiger partial charge in [0.1, 0.15) is 17.1 Å². The molecule has 0 heterocycles. The Balaban J connectivity index is 2.14. The van der Waals surface area contributed by atoms with Crippen molar-refractivity contribution < 1.29 is 19.4 Å². The van der Waals surface area contributed by atoms with Crippen molar-refractivity contribution in [2.75, 3.05) is 33.9 Å². The molecule has 0 unspecified atom stereocenters. The van der Waals surface area contributed by atoms with Crippen LogP contribution in [0.2, 0.25) is 0 Å². The third-order valence-electron chi connectivity index (χ3n) is 7.68. The molecule has 2 aliphatic carbocycles. The third kappa shape index (κ3) is 3.41. The summed E-state index contributed by atoms with van der Waals surface area (Å²) in [7, 11) is 3.37. The average Bonchev–Trinajstić information content (AvgIpc) is 2.68. The van der Waals surface area contributed by atoms with Gasteiger partial charge in [0.2, 0.25) is 0 Å². The van der Waals surface area contributed by atoms with Gasteiger partial charge in [0.25, 0.3) is 5.91 Å². The molecule has 1 aromatic carbocycles. The zero-order valence-electron chi connectivity index (χ0n) is 18.9. The van der Waals surface area contributed by atoms with Crippen LogP contribution >= 0.6 is 0 Å². The van der Waals surface area contributed by atoms with Crippen LogP contribution in [0.25, 0.3) is 0 Å². The van der Waals surface area contributed by atoms with Gasteiger partial charge < -0.3 is 19.5 Å². The number of aromatic hydroxyl groups is 1. The van der Waals surface area contributed by atoms with Gasteiger partial charge in [-0.15, -0.1) is 0 Å². The maximum atomic E-state index is 13.1. The summed E-state index contributed by atoms with van der Waals surface area (Å²) in [5.74, 6) is 0.922. The number of rotatable bonds is 6. The lowest BCUT2D eigenvalue weighted by Gasteiger charge is -2.55. The molecule has 1 saturated carbocycles. The Morgan fingerprint density at radius 2 is 1.93 bits per heavy atom. The van der Waals surface area contributed by atoms with E-state index >= 15 is 0 Å². The van der Waals surface area contributed by atoms with E-state index in [0.717, 1.165) is 49.8 Å². The Bertz CT molecular complexity index is 769. The first-order chi connectivity index (χ1) is 13.8. The molecule has 0 saturated heterocycles. The van der Waals surface area contributed by atoms with E-state index in [0.29, 0.717) is 30.3 Å². The van der Waals surface area contributed by atoms with Crippen molar-refractivity contribution in [3.05, 3.63) is 22.8 Å². The van der Waals surface area contributed by atoms with E-state index in [1.165, 1.54) is 0 Å². The Morgan fingerprint density at radius 1 is 1.24 bits per heavy atom. The number of nitrogens with zero attached hydrogens (tertiary/aromatic N) is 1. The normalized spacial score (nSPS) is 28.4. The molecule has 2 aliphatic rings. The van der Waals surface area contributed by atoms with E-state index in [2.05, 4.69) is 13.8 Å². The van der Waals surface area contributed by atoms with Crippen LogP contribution in [0.1, 0.15) is 74.9 Å². The topological polar surface area (TPSA) is 59.0 Å². The third-order valence-corrected chi connectivity index (χ3v) is 7.68. The predicted octanol–water partition coefficient (Wildman–Crippen LogP) is 4.54. The van der Waals surface area contributed by atoms with Crippen LogP contribution in [0, 0.1) is 11.3 Å². The molecule has 0 aromatic heterocycles. The molecule has 1 aromatic rings. The van der Waals surface area contributed by atoms with Crippen LogP contribution in [0.4, 0.5) is 0 Å². The van der Waals surface area contributed by atoms with E-state index < -0.39 is 0 Å². The second-order valence-electron chi connectivity index (χ2n) is 9.26. The van der Waals surface area contributed by atoms with Gasteiger partial charge in [-0.05, 0) is 73.5 Å². The smallest absolute Gasteiger partial charge is 0.261 e. The molecule has 5 nitrogen and oxygen atoms in total. The molecule has 29 heavy (non-hydrogen) atoms. The summed E-state index contributed by atoms with van der Waals surface area (Å²) in [6.45, 7) is 10.5. The lowest BCUT2D eigenvalue weighted by atomic mass is 9.50. The highest BCUT2D eigenvalue weighted by atomic mass is 16.5. The van der Waals surface area contributed by atoms with Crippen molar-refractivity contribution in [3.63, 3.8) is 0 Å². The quantitative estimate of drug-likeness (QED) is 0.758. The number of carbonyl (C=O) groups is 1. The Labute approximate surface area is 175 Å². The Kier molecular flexibility index (Phi) is 6.19. The van der Waals surface area contributed by atoms with Gasteiger partial charge >= 0.3 is 0 Å². The highest BCUT2D eigenvalue weighted by molar-refractivity contribution is 6.00. The van der Waals surface area contributed by atoms with Crippen molar-refractivity contribution in [2.45, 2.75) is 65.2 Å². The number of ether oxygens (including phenoxy) is 2. The molecule has 0 bridgehead atoms. The highest BCUT2D eigenvalue weighted by Gasteiger charge is 2.52. The van der Waals surface area contributed by atoms with Gasteiger partial charge in [0.15, 0.2) is 0 Å². The summed E-state index contributed by atoms with van der Waals surface area (Å²) in [4.78, 5) is 14.8. The zero-order chi connectivity index (χ0) is 21.4. The lowest BCUT2D eigenvalue weighted by Crippen LogP contribution is -2.50. The van der Waals surface area contributed by atoms with E-state index in [-0.39, 0.29) is 22.5 Å². The lowest BCUT2D eigenvalue weighted by molar-refractivity contribution is -0.0327. The summed E-state index contributed by atoms with van der Waals surface area (Å²) in [6, 6.07) is 2.04. The molecular formula is C24H37NO4. The molecule has 162 valence electrons. The van der Waals surface area contributed by atoms with Crippen LogP contribution in [0.15, 0.2) is 6.07 Å². The van der Waals surface area contributed by atoms with Crippen LogP contribution < -0.4 is 4.74 Å². The van der Waals surface area contributed by atoms with E-state index in [1.807, 2.05) is 19.9 Å². The first-order valence-corrected chi connectivity index (χ1v) is 11.0. The fourth-order valence-corrected chi connectivity index (χ4v) is 6.24. The van der Waals surface area contributed by atoms with Crippen LogP contribution in [-0.2, 0) is 16.6 Å². The first kappa shape index (κ1) is 21.9. The van der Waals surface area contributed by atoms with Crippen LogP contribution in [0.3, 0.4) is 0 Å². The predicted molar refractivity (Wildman–Crippen MR) is 115 cm³/mol. The molecule has 0 radical (unpaired) electrons. The molecule has 1 amide bonds. The molecule has 3 atom stereocenters. The van der Waals surface area contributed by atoms with Gasteiger partial charge in [-0.3, -0.25) is 4.79 Å². The molecule has 5 heteroatoms. The SMILES string of the molecule is CCN(CC)C(=O)c1c(OC)cc2c(c1O)CC[C@H]1[C@@](C)(COC)CCC[C@]21C. The minimum atomic E-state index is -0.160. The molecular weight excluding hydrogens is 366 g/mol. The van der Waals surface area contributed by atoms with Gasteiger partial charge in [0, 0.05) is 20.2 Å². The summed E-state index contributed by atoms with van der Waals surface area (Å²) in [5.41, 5.74) is 2.47. The molecule has 1 fully saturated rings. The Morgan fingerprint density at radius 3 is 2.52 bits per heavy atom. The summed E-state index contributed by atoms with van der Waals surface area (Å²) in [6.07, 6.45) is 5.16. The minimum absolute atomic E-state index is 0.0549. The number of methoxy groups -OCH3 is 2. The molecule has 3 rings (SSSR count). The number of carbonyl (C=O) groups excluding carboxylic acids is 1. The van der Waals surface area contributed by atoms with Gasteiger partial charge in [-0.1, -0.05) is 20.3 Å². The van der Waals surface area contributed by atoms with Crippen molar-refractivity contribution in [1.82, 2.24) is 4.90 Å². The fraction of sp³-hybridized carbons (Fsp3) is 0.708.